The lowest BCUT2D eigenvalue weighted by Gasteiger charge is -2.14. The fraction of sp³-hybridized carbons (Fsp3) is 0.529. The Morgan fingerprint density at radius 3 is 2.60 bits per heavy atom. The molecule has 1 aromatic rings. The van der Waals surface area contributed by atoms with Crippen LogP contribution in [0.15, 0.2) is 36.4 Å². The molecule has 0 spiro atoms. The first-order valence-corrected chi connectivity index (χ1v) is 7.20. The minimum atomic E-state index is 0.491. The second-order valence-electron chi connectivity index (χ2n) is 5.25. The molecule has 1 atom stereocenters. The van der Waals surface area contributed by atoms with E-state index >= 15 is 0 Å². The zero-order valence-electron chi connectivity index (χ0n) is 12.9. The van der Waals surface area contributed by atoms with Crippen LogP contribution in [-0.2, 0) is 11.2 Å². The van der Waals surface area contributed by atoms with Crippen molar-refractivity contribution in [3.8, 4) is 5.75 Å². The van der Waals surface area contributed by atoms with Crippen LogP contribution in [0.3, 0.4) is 0 Å². The van der Waals surface area contributed by atoms with Crippen molar-refractivity contribution in [2.45, 2.75) is 32.7 Å². The van der Waals surface area contributed by atoms with Crippen LogP contribution in [-0.4, -0.2) is 32.9 Å². The number of aryl methyl sites for hydroxylation is 1. The van der Waals surface area contributed by atoms with Gasteiger partial charge >= 0.3 is 0 Å². The highest BCUT2D eigenvalue weighted by molar-refractivity contribution is 5.27. The van der Waals surface area contributed by atoms with Gasteiger partial charge in [-0.05, 0) is 44.4 Å². The van der Waals surface area contributed by atoms with E-state index in [2.05, 4.69) is 31.0 Å². The summed E-state index contributed by atoms with van der Waals surface area (Å²) in [5, 5.41) is 3.47. The molecule has 0 aliphatic rings. The average Bonchev–Trinajstić information content (AvgIpc) is 2.45. The van der Waals surface area contributed by atoms with Gasteiger partial charge < -0.3 is 14.8 Å². The molecule has 1 N–H and O–H groups in total. The van der Waals surface area contributed by atoms with Crippen LogP contribution in [0.5, 0.6) is 5.75 Å². The van der Waals surface area contributed by atoms with Crippen molar-refractivity contribution in [3.63, 3.8) is 0 Å². The molecule has 0 heterocycles. The number of methoxy groups -OCH3 is 1. The molecule has 0 bridgehead atoms. The smallest absolute Gasteiger partial charge is 0.118 e. The molecule has 0 fully saturated rings. The molecule has 0 saturated heterocycles. The largest absolute Gasteiger partial charge is 0.497 e. The van der Waals surface area contributed by atoms with E-state index in [0.29, 0.717) is 12.6 Å². The lowest BCUT2D eigenvalue weighted by atomic mass is 10.1. The lowest BCUT2D eigenvalue weighted by molar-refractivity contribution is 0.155. The Labute approximate surface area is 123 Å². The van der Waals surface area contributed by atoms with Gasteiger partial charge in [0.25, 0.3) is 0 Å². The minimum Gasteiger partial charge on any atom is -0.497 e. The first kappa shape index (κ1) is 16.7. The van der Waals surface area contributed by atoms with Gasteiger partial charge in [0, 0.05) is 12.6 Å². The van der Waals surface area contributed by atoms with Gasteiger partial charge in [0.15, 0.2) is 0 Å². The molecule has 3 heteroatoms. The molecule has 1 aromatic carbocycles. The van der Waals surface area contributed by atoms with Crippen molar-refractivity contribution < 1.29 is 9.47 Å². The molecule has 0 amide bonds. The molecule has 0 aromatic heterocycles. The van der Waals surface area contributed by atoms with Gasteiger partial charge in [0.05, 0.1) is 20.3 Å². The summed E-state index contributed by atoms with van der Waals surface area (Å²) in [4.78, 5) is 0. The predicted octanol–water partition coefficient (Wildman–Crippen LogP) is 3.20. The Morgan fingerprint density at radius 1 is 1.30 bits per heavy atom. The van der Waals surface area contributed by atoms with Gasteiger partial charge in [-0.2, -0.15) is 0 Å². The summed E-state index contributed by atoms with van der Waals surface area (Å²) in [5.41, 5.74) is 2.41. The molecule has 20 heavy (non-hydrogen) atoms. The van der Waals surface area contributed by atoms with Crippen LogP contribution in [0.25, 0.3) is 0 Å². The number of hydrogen-bond donors (Lipinski definition) is 1. The third-order valence-electron chi connectivity index (χ3n) is 3.11. The van der Waals surface area contributed by atoms with E-state index in [1.54, 1.807) is 7.11 Å². The van der Waals surface area contributed by atoms with E-state index in [0.717, 1.165) is 37.3 Å². The number of benzene rings is 1. The maximum absolute atomic E-state index is 5.46. The first-order valence-electron chi connectivity index (χ1n) is 7.20. The zero-order valence-corrected chi connectivity index (χ0v) is 12.9. The summed E-state index contributed by atoms with van der Waals surface area (Å²) in [6, 6.07) is 8.77. The number of hydrogen-bond acceptors (Lipinski definition) is 3. The van der Waals surface area contributed by atoms with E-state index in [4.69, 9.17) is 9.47 Å². The summed E-state index contributed by atoms with van der Waals surface area (Å²) in [7, 11) is 1.69. The maximum atomic E-state index is 5.46. The summed E-state index contributed by atoms with van der Waals surface area (Å²) >= 11 is 0. The van der Waals surface area contributed by atoms with E-state index in [-0.39, 0.29) is 0 Å². The molecule has 1 unspecified atom stereocenters. The summed E-state index contributed by atoms with van der Waals surface area (Å²) < 4.78 is 10.6. The van der Waals surface area contributed by atoms with Crippen molar-refractivity contribution in [2.75, 3.05) is 26.9 Å². The molecule has 112 valence electrons. The maximum Gasteiger partial charge on any atom is 0.118 e. The average molecular weight is 277 g/mol. The topological polar surface area (TPSA) is 30.5 Å². The van der Waals surface area contributed by atoms with Crippen molar-refractivity contribution in [1.82, 2.24) is 5.32 Å². The highest BCUT2D eigenvalue weighted by atomic mass is 16.5. The van der Waals surface area contributed by atoms with E-state index in [9.17, 15) is 0 Å². The molecule has 1 rings (SSSR count). The standard InChI is InChI=1S/C17H27NO2/c1-14(2)13-20-12-11-18-15(3)5-6-16-7-9-17(19-4)10-8-16/h7-10,15,18H,1,5-6,11-13H2,2-4H3. The third-order valence-corrected chi connectivity index (χ3v) is 3.11. The molecular weight excluding hydrogens is 250 g/mol. The van der Waals surface area contributed by atoms with Crippen LogP contribution in [0.1, 0.15) is 25.8 Å². The van der Waals surface area contributed by atoms with E-state index in [1.165, 1.54) is 5.56 Å². The summed E-state index contributed by atoms with van der Waals surface area (Å²) in [5.74, 6) is 0.912. The fourth-order valence-corrected chi connectivity index (χ4v) is 1.90. The normalized spacial score (nSPS) is 12.2. The first-order chi connectivity index (χ1) is 9.61. The highest BCUT2D eigenvalue weighted by Crippen LogP contribution is 2.13. The van der Waals surface area contributed by atoms with Crippen LogP contribution in [0, 0.1) is 0 Å². The van der Waals surface area contributed by atoms with Crippen molar-refractivity contribution in [3.05, 3.63) is 42.0 Å². The molecule has 0 aliphatic carbocycles. The van der Waals surface area contributed by atoms with Crippen LogP contribution >= 0.6 is 0 Å². The zero-order chi connectivity index (χ0) is 14.8. The van der Waals surface area contributed by atoms with E-state index in [1.807, 2.05) is 19.1 Å². The van der Waals surface area contributed by atoms with Crippen LogP contribution in [0.4, 0.5) is 0 Å². The lowest BCUT2D eigenvalue weighted by Crippen LogP contribution is -2.30. The Hall–Kier alpha value is -1.32. The molecule has 0 aliphatic heterocycles. The Bertz CT molecular complexity index is 386. The van der Waals surface area contributed by atoms with Gasteiger partial charge in [0.1, 0.15) is 5.75 Å². The molecule has 0 radical (unpaired) electrons. The highest BCUT2D eigenvalue weighted by Gasteiger charge is 2.02. The molecular formula is C17H27NO2. The third kappa shape index (κ3) is 7.31. The summed E-state index contributed by atoms with van der Waals surface area (Å²) in [6.07, 6.45) is 2.19. The van der Waals surface area contributed by atoms with Crippen molar-refractivity contribution in [2.24, 2.45) is 0 Å². The molecule has 3 nitrogen and oxygen atoms in total. The van der Waals surface area contributed by atoms with Crippen molar-refractivity contribution in [1.29, 1.82) is 0 Å². The van der Waals surface area contributed by atoms with Crippen molar-refractivity contribution >= 4 is 0 Å². The Kier molecular flexibility index (Phi) is 8.00. The SMILES string of the molecule is C=C(C)COCCNC(C)CCc1ccc(OC)cc1. The van der Waals surface area contributed by atoms with Gasteiger partial charge in [0.2, 0.25) is 0 Å². The van der Waals surface area contributed by atoms with Crippen LogP contribution in [0.2, 0.25) is 0 Å². The number of nitrogens with one attached hydrogen (secondary N) is 1. The van der Waals surface area contributed by atoms with Crippen LogP contribution < -0.4 is 10.1 Å². The minimum absolute atomic E-state index is 0.491. The van der Waals surface area contributed by atoms with E-state index < -0.39 is 0 Å². The molecule has 0 saturated carbocycles. The fourth-order valence-electron chi connectivity index (χ4n) is 1.90. The second-order valence-corrected chi connectivity index (χ2v) is 5.25. The van der Waals surface area contributed by atoms with Gasteiger partial charge in [-0.3, -0.25) is 0 Å². The quantitative estimate of drug-likeness (QED) is 0.526. The van der Waals surface area contributed by atoms with Gasteiger partial charge in [-0.15, -0.1) is 0 Å². The predicted molar refractivity (Wildman–Crippen MR) is 84.4 cm³/mol. The number of ether oxygens (including phenoxy) is 2. The Balaban J connectivity index is 2.12. The summed E-state index contributed by atoms with van der Waals surface area (Å²) in [6.45, 7) is 10.3. The monoisotopic (exact) mass is 277 g/mol. The number of rotatable bonds is 10. The second kappa shape index (κ2) is 9.56. The van der Waals surface area contributed by atoms with Gasteiger partial charge in [-0.1, -0.05) is 24.3 Å². The Morgan fingerprint density at radius 2 is 2.00 bits per heavy atom. The van der Waals surface area contributed by atoms with Gasteiger partial charge in [-0.25, -0.2) is 0 Å².